The summed E-state index contributed by atoms with van der Waals surface area (Å²) >= 11 is 0. The SMILES string of the molecule is CN=CC(C=NC)=Nc1cncnc1. The van der Waals surface area contributed by atoms with Crippen LogP contribution in [0.25, 0.3) is 0 Å². The first-order chi connectivity index (χ1) is 6.86. The van der Waals surface area contributed by atoms with E-state index in [1.807, 2.05) is 0 Å². The fraction of sp³-hybridized carbons (Fsp3) is 0.222. The first kappa shape index (κ1) is 10.2. The van der Waals surface area contributed by atoms with Gasteiger partial charge >= 0.3 is 0 Å². The Labute approximate surface area is 82.4 Å². The Bertz CT molecular complexity index is 339. The first-order valence-electron chi connectivity index (χ1n) is 4.05. The predicted molar refractivity (Wildman–Crippen MR) is 58.0 cm³/mol. The quantitative estimate of drug-likeness (QED) is 0.664. The Hall–Kier alpha value is -1.91. The van der Waals surface area contributed by atoms with Crippen molar-refractivity contribution in [2.24, 2.45) is 15.0 Å². The van der Waals surface area contributed by atoms with E-state index in [0.29, 0.717) is 11.4 Å². The summed E-state index contributed by atoms with van der Waals surface area (Å²) in [6, 6.07) is 0. The maximum Gasteiger partial charge on any atom is 0.115 e. The molecule has 0 aliphatic carbocycles. The highest BCUT2D eigenvalue weighted by atomic mass is 14.9. The summed E-state index contributed by atoms with van der Waals surface area (Å²) in [7, 11) is 3.36. The number of nitrogens with zero attached hydrogens (tertiary/aromatic N) is 5. The number of hydrogen-bond acceptors (Lipinski definition) is 5. The van der Waals surface area contributed by atoms with Gasteiger partial charge in [0, 0.05) is 26.5 Å². The lowest BCUT2D eigenvalue weighted by atomic mass is 10.4. The molecule has 0 aliphatic rings. The van der Waals surface area contributed by atoms with Crippen molar-refractivity contribution in [3.8, 4) is 0 Å². The Morgan fingerprint density at radius 3 is 2.21 bits per heavy atom. The molecule has 0 aromatic carbocycles. The van der Waals surface area contributed by atoms with Gasteiger partial charge in [0.05, 0.1) is 18.1 Å². The van der Waals surface area contributed by atoms with Crippen LogP contribution in [0.15, 0.2) is 33.7 Å². The highest BCUT2D eigenvalue weighted by Crippen LogP contribution is 2.05. The Morgan fingerprint density at radius 2 is 1.71 bits per heavy atom. The highest BCUT2D eigenvalue weighted by Gasteiger charge is 1.91. The summed E-state index contributed by atoms with van der Waals surface area (Å²) in [5.41, 5.74) is 1.35. The van der Waals surface area contributed by atoms with Gasteiger partial charge in [-0.2, -0.15) is 0 Å². The predicted octanol–water partition coefficient (Wildman–Crippen LogP) is 0.950. The molecule has 0 amide bonds. The van der Waals surface area contributed by atoms with Gasteiger partial charge in [0.1, 0.15) is 12.0 Å². The molecule has 0 saturated heterocycles. The highest BCUT2D eigenvalue weighted by molar-refractivity contribution is 6.56. The average molecular weight is 189 g/mol. The van der Waals surface area contributed by atoms with Gasteiger partial charge in [-0.25, -0.2) is 15.0 Å². The van der Waals surface area contributed by atoms with Crippen molar-refractivity contribution < 1.29 is 0 Å². The molecule has 5 nitrogen and oxygen atoms in total. The van der Waals surface area contributed by atoms with Gasteiger partial charge in [0.15, 0.2) is 0 Å². The largest absolute Gasteiger partial charge is 0.294 e. The van der Waals surface area contributed by atoms with E-state index in [0.717, 1.165) is 0 Å². The Kier molecular flexibility index (Phi) is 4.13. The van der Waals surface area contributed by atoms with Gasteiger partial charge < -0.3 is 0 Å². The summed E-state index contributed by atoms with van der Waals surface area (Å²) in [4.78, 5) is 19.7. The van der Waals surface area contributed by atoms with Crippen molar-refractivity contribution in [1.29, 1.82) is 0 Å². The maximum atomic E-state index is 4.23. The molecule has 0 spiro atoms. The molecule has 0 unspecified atom stereocenters. The molecule has 1 aromatic heterocycles. The third-order valence-corrected chi connectivity index (χ3v) is 1.33. The third-order valence-electron chi connectivity index (χ3n) is 1.33. The molecule has 0 radical (unpaired) electrons. The van der Waals surface area contributed by atoms with Crippen LogP contribution in [0.2, 0.25) is 0 Å². The van der Waals surface area contributed by atoms with Gasteiger partial charge in [-0.1, -0.05) is 0 Å². The third kappa shape index (κ3) is 3.22. The minimum absolute atomic E-state index is 0.671. The van der Waals surface area contributed by atoms with Crippen molar-refractivity contribution in [2.75, 3.05) is 14.1 Å². The van der Waals surface area contributed by atoms with E-state index < -0.39 is 0 Å². The Balaban J connectivity index is 2.93. The lowest BCUT2D eigenvalue weighted by Crippen LogP contribution is -2.00. The molecular weight excluding hydrogens is 178 g/mol. The summed E-state index contributed by atoms with van der Waals surface area (Å²) in [5.74, 6) is 0. The van der Waals surface area contributed by atoms with Crippen LogP contribution >= 0.6 is 0 Å². The topological polar surface area (TPSA) is 62.9 Å². The second-order valence-electron chi connectivity index (χ2n) is 2.41. The molecular formula is C9H11N5. The van der Waals surface area contributed by atoms with E-state index in [1.54, 1.807) is 38.9 Å². The van der Waals surface area contributed by atoms with E-state index in [9.17, 15) is 0 Å². The minimum atomic E-state index is 0.671. The summed E-state index contributed by atoms with van der Waals surface area (Å²) in [6.07, 6.45) is 7.96. The molecule has 0 bridgehead atoms. The van der Waals surface area contributed by atoms with Crippen molar-refractivity contribution >= 4 is 23.8 Å². The molecule has 1 aromatic rings. The number of rotatable bonds is 3. The number of hydrogen-bond donors (Lipinski definition) is 0. The average Bonchev–Trinajstić information content (AvgIpc) is 2.20. The zero-order valence-electron chi connectivity index (χ0n) is 8.12. The molecule has 0 N–H and O–H groups in total. The maximum absolute atomic E-state index is 4.23. The smallest absolute Gasteiger partial charge is 0.115 e. The first-order valence-corrected chi connectivity index (χ1v) is 4.05. The van der Waals surface area contributed by atoms with Crippen molar-refractivity contribution in [3.63, 3.8) is 0 Å². The summed E-state index contributed by atoms with van der Waals surface area (Å²) in [6.45, 7) is 0. The van der Waals surface area contributed by atoms with E-state index in [1.165, 1.54) is 6.33 Å². The second kappa shape index (κ2) is 5.69. The van der Waals surface area contributed by atoms with Gasteiger partial charge in [0.25, 0.3) is 0 Å². The molecule has 0 fully saturated rings. The molecule has 0 aliphatic heterocycles. The summed E-state index contributed by atoms with van der Waals surface area (Å²) in [5, 5.41) is 0. The van der Waals surface area contributed by atoms with E-state index in [-0.39, 0.29) is 0 Å². The van der Waals surface area contributed by atoms with Crippen LogP contribution in [0.5, 0.6) is 0 Å². The van der Waals surface area contributed by atoms with Crippen LogP contribution in [0.3, 0.4) is 0 Å². The second-order valence-corrected chi connectivity index (χ2v) is 2.41. The van der Waals surface area contributed by atoms with Crippen molar-refractivity contribution in [2.45, 2.75) is 0 Å². The van der Waals surface area contributed by atoms with Crippen LogP contribution < -0.4 is 0 Å². The zero-order valence-corrected chi connectivity index (χ0v) is 8.12. The number of aliphatic imine (C=N–C) groups is 3. The standard InChI is InChI=1S/C9H11N5/c1-10-3-8(4-11-2)14-9-5-12-7-13-6-9/h3-7H,1-2H3. The van der Waals surface area contributed by atoms with Crippen LogP contribution in [0.1, 0.15) is 0 Å². The fourth-order valence-corrected chi connectivity index (χ4v) is 0.854. The van der Waals surface area contributed by atoms with Crippen LogP contribution in [0, 0.1) is 0 Å². The molecule has 72 valence electrons. The van der Waals surface area contributed by atoms with Crippen LogP contribution in [0.4, 0.5) is 5.69 Å². The minimum Gasteiger partial charge on any atom is -0.294 e. The van der Waals surface area contributed by atoms with E-state index >= 15 is 0 Å². The fourth-order valence-electron chi connectivity index (χ4n) is 0.854. The molecule has 1 heterocycles. The monoisotopic (exact) mass is 189 g/mol. The van der Waals surface area contributed by atoms with Gasteiger partial charge in [-0.15, -0.1) is 0 Å². The van der Waals surface area contributed by atoms with Crippen LogP contribution in [-0.4, -0.2) is 42.2 Å². The van der Waals surface area contributed by atoms with E-state index in [2.05, 4.69) is 24.9 Å². The van der Waals surface area contributed by atoms with Crippen molar-refractivity contribution in [1.82, 2.24) is 9.97 Å². The summed E-state index contributed by atoms with van der Waals surface area (Å²) < 4.78 is 0. The van der Waals surface area contributed by atoms with Crippen molar-refractivity contribution in [3.05, 3.63) is 18.7 Å². The Morgan fingerprint density at radius 1 is 1.14 bits per heavy atom. The molecule has 14 heavy (non-hydrogen) atoms. The van der Waals surface area contributed by atoms with E-state index in [4.69, 9.17) is 0 Å². The lowest BCUT2D eigenvalue weighted by Gasteiger charge is -1.92. The zero-order chi connectivity index (χ0) is 10.2. The molecule has 5 heteroatoms. The molecule has 0 atom stereocenters. The molecule has 1 rings (SSSR count). The normalized spacial score (nSPS) is 11.0. The number of aromatic nitrogens is 2. The van der Waals surface area contributed by atoms with Gasteiger partial charge in [-0.3, -0.25) is 9.98 Å². The van der Waals surface area contributed by atoms with Gasteiger partial charge in [0.2, 0.25) is 0 Å². The van der Waals surface area contributed by atoms with Gasteiger partial charge in [-0.05, 0) is 0 Å². The molecule has 0 saturated carbocycles. The lowest BCUT2D eigenvalue weighted by molar-refractivity contribution is 1.16. The van der Waals surface area contributed by atoms with Crippen LogP contribution in [-0.2, 0) is 0 Å².